The summed E-state index contributed by atoms with van der Waals surface area (Å²) >= 11 is 0. The minimum atomic E-state index is -0.667. The molecule has 0 spiro atoms. The summed E-state index contributed by atoms with van der Waals surface area (Å²) in [5, 5.41) is 0. The molecule has 0 aromatic heterocycles. The van der Waals surface area contributed by atoms with E-state index >= 15 is 0 Å². The molecule has 0 aliphatic heterocycles. The molecule has 2 nitrogen and oxygen atoms in total. The summed E-state index contributed by atoms with van der Waals surface area (Å²) in [7, 11) is 0. The maximum atomic E-state index is 12.8. The average molecular weight is 238 g/mol. The van der Waals surface area contributed by atoms with Crippen molar-refractivity contribution in [3.63, 3.8) is 0 Å². The van der Waals surface area contributed by atoms with Crippen LogP contribution in [0.1, 0.15) is 25.3 Å². The fourth-order valence-corrected chi connectivity index (χ4v) is 1.19. The quantitative estimate of drug-likeness (QED) is 0.597. The number of carbonyl (C=O) groups is 1. The first-order valence-corrected chi connectivity index (χ1v) is 5.22. The number of esters is 1. The van der Waals surface area contributed by atoms with Crippen molar-refractivity contribution in [2.24, 2.45) is 0 Å². The summed E-state index contributed by atoms with van der Waals surface area (Å²) in [6.45, 7) is 2.06. The predicted octanol–water partition coefficient (Wildman–Crippen LogP) is 2.66. The number of hydrogen-bond donors (Lipinski definition) is 0. The van der Waals surface area contributed by atoms with Gasteiger partial charge in [0.25, 0.3) is 0 Å². The van der Waals surface area contributed by atoms with Crippen LogP contribution >= 0.6 is 0 Å². The van der Waals surface area contributed by atoms with Gasteiger partial charge in [-0.2, -0.15) is 0 Å². The Morgan fingerprint density at radius 2 is 1.94 bits per heavy atom. The summed E-state index contributed by atoms with van der Waals surface area (Å²) in [6, 6.07) is 3.06. The summed E-state index contributed by atoms with van der Waals surface area (Å²) in [5.74, 6) is 3.59. The Kier molecular flexibility index (Phi) is 5.15. The number of rotatable bonds is 3. The number of hydrogen-bond acceptors (Lipinski definition) is 2. The van der Waals surface area contributed by atoms with Gasteiger partial charge in [-0.1, -0.05) is 11.8 Å². The summed E-state index contributed by atoms with van der Waals surface area (Å²) in [4.78, 5) is 11.0. The molecule has 0 saturated heterocycles. The first kappa shape index (κ1) is 13.2. The van der Waals surface area contributed by atoms with Crippen LogP contribution in [0.5, 0.6) is 0 Å². The Hall–Kier alpha value is -1.89. The van der Waals surface area contributed by atoms with Gasteiger partial charge in [0.05, 0.1) is 13.0 Å². The fraction of sp³-hybridized carbons (Fsp3) is 0.308. The van der Waals surface area contributed by atoms with Crippen molar-refractivity contribution in [2.45, 2.75) is 19.8 Å². The molecule has 90 valence electrons. The molecular weight excluding hydrogens is 226 g/mol. The molecule has 0 fully saturated rings. The first-order chi connectivity index (χ1) is 8.11. The second-order valence-electron chi connectivity index (χ2n) is 3.26. The van der Waals surface area contributed by atoms with Crippen molar-refractivity contribution in [2.75, 3.05) is 6.61 Å². The number of benzene rings is 1. The summed E-state index contributed by atoms with van der Waals surface area (Å²) in [6.07, 6.45) is 0.482. The Morgan fingerprint density at radius 1 is 1.29 bits per heavy atom. The molecule has 0 bridgehead atoms. The molecule has 0 N–H and O–H groups in total. The van der Waals surface area contributed by atoms with E-state index in [-0.39, 0.29) is 18.0 Å². The SMILES string of the molecule is CCOC(=O)CCC#Cc1cc(F)cc(F)c1. The van der Waals surface area contributed by atoms with E-state index in [1.54, 1.807) is 6.92 Å². The molecule has 0 unspecified atom stereocenters. The van der Waals surface area contributed by atoms with Crippen LogP contribution in [0.3, 0.4) is 0 Å². The topological polar surface area (TPSA) is 26.3 Å². The Bertz CT molecular complexity index is 438. The van der Waals surface area contributed by atoms with E-state index in [0.717, 1.165) is 18.2 Å². The van der Waals surface area contributed by atoms with E-state index in [4.69, 9.17) is 4.74 Å². The number of halogens is 2. The van der Waals surface area contributed by atoms with Crippen LogP contribution in [0.25, 0.3) is 0 Å². The lowest BCUT2D eigenvalue weighted by atomic mass is 10.2. The van der Waals surface area contributed by atoms with E-state index in [1.807, 2.05) is 0 Å². The Labute approximate surface area is 98.6 Å². The average Bonchev–Trinajstić information content (AvgIpc) is 2.23. The molecule has 0 aliphatic rings. The van der Waals surface area contributed by atoms with E-state index in [1.165, 1.54) is 0 Å². The van der Waals surface area contributed by atoms with E-state index in [2.05, 4.69) is 11.8 Å². The van der Waals surface area contributed by atoms with E-state index < -0.39 is 11.6 Å². The maximum Gasteiger partial charge on any atom is 0.306 e. The molecule has 1 aromatic carbocycles. The predicted molar refractivity (Wildman–Crippen MR) is 59.1 cm³/mol. The van der Waals surface area contributed by atoms with Gasteiger partial charge in [-0.25, -0.2) is 8.78 Å². The summed E-state index contributed by atoms with van der Waals surface area (Å²) in [5.41, 5.74) is 0.256. The molecule has 0 amide bonds. The van der Waals surface area contributed by atoms with Crippen LogP contribution < -0.4 is 0 Å². The van der Waals surface area contributed by atoms with Crippen LogP contribution in [0.15, 0.2) is 18.2 Å². The lowest BCUT2D eigenvalue weighted by Gasteiger charge is -1.97. The van der Waals surface area contributed by atoms with Crippen molar-refractivity contribution in [3.05, 3.63) is 35.4 Å². The molecule has 0 heterocycles. The van der Waals surface area contributed by atoms with Gasteiger partial charge in [-0.15, -0.1) is 0 Å². The second-order valence-corrected chi connectivity index (χ2v) is 3.26. The summed E-state index contributed by atoms with van der Waals surface area (Å²) < 4.78 is 30.3. The van der Waals surface area contributed by atoms with Crippen molar-refractivity contribution in [3.8, 4) is 11.8 Å². The fourth-order valence-electron chi connectivity index (χ4n) is 1.19. The van der Waals surface area contributed by atoms with Crippen LogP contribution in [-0.2, 0) is 9.53 Å². The zero-order valence-electron chi connectivity index (χ0n) is 9.43. The van der Waals surface area contributed by atoms with Gasteiger partial charge >= 0.3 is 5.97 Å². The highest BCUT2D eigenvalue weighted by Gasteiger charge is 1.99. The van der Waals surface area contributed by atoms with Crippen molar-refractivity contribution in [1.82, 2.24) is 0 Å². The van der Waals surface area contributed by atoms with Gasteiger partial charge in [-0.3, -0.25) is 4.79 Å². The van der Waals surface area contributed by atoms with Gasteiger partial charge in [0.2, 0.25) is 0 Å². The minimum Gasteiger partial charge on any atom is -0.466 e. The number of carbonyl (C=O) groups excluding carboxylic acids is 1. The van der Waals surface area contributed by atoms with Crippen molar-refractivity contribution >= 4 is 5.97 Å². The second kappa shape index (κ2) is 6.64. The number of ether oxygens (including phenoxy) is 1. The molecule has 1 rings (SSSR count). The highest BCUT2D eigenvalue weighted by Crippen LogP contribution is 2.06. The molecule has 4 heteroatoms. The molecular formula is C13H12F2O2. The standard InChI is InChI=1S/C13H12F2O2/c1-2-17-13(16)6-4-3-5-10-7-11(14)9-12(15)8-10/h7-9H,2,4,6H2,1H3. The van der Waals surface area contributed by atoms with Crippen molar-refractivity contribution < 1.29 is 18.3 Å². The monoisotopic (exact) mass is 238 g/mol. The van der Waals surface area contributed by atoms with Gasteiger partial charge in [-0.05, 0) is 19.1 Å². The van der Waals surface area contributed by atoms with E-state index in [9.17, 15) is 13.6 Å². The zero-order chi connectivity index (χ0) is 12.7. The van der Waals surface area contributed by atoms with Crippen LogP contribution in [0, 0.1) is 23.5 Å². The lowest BCUT2D eigenvalue weighted by molar-refractivity contribution is -0.142. The lowest BCUT2D eigenvalue weighted by Crippen LogP contribution is -2.02. The van der Waals surface area contributed by atoms with Gasteiger partial charge in [0, 0.05) is 18.1 Å². The van der Waals surface area contributed by atoms with Gasteiger partial charge in [0.1, 0.15) is 11.6 Å². The smallest absolute Gasteiger partial charge is 0.306 e. The van der Waals surface area contributed by atoms with Crippen molar-refractivity contribution in [1.29, 1.82) is 0 Å². The third-order valence-electron chi connectivity index (χ3n) is 1.85. The Morgan fingerprint density at radius 3 is 2.53 bits per heavy atom. The highest BCUT2D eigenvalue weighted by atomic mass is 19.1. The largest absolute Gasteiger partial charge is 0.466 e. The third kappa shape index (κ3) is 5.12. The normalized spacial score (nSPS) is 9.35. The van der Waals surface area contributed by atoms with Crippen LogP contribution in [0.2, 0.25) is 0 Å². The molecule has 0 saturated carbocycles. The van der Waals surface area contributed by atoms with Gasteiger partial charge in [0.15, 0.2) is 0 Å². The first-order valence-electron chi connectivity index (χ1n) is 5.22. The molecule has 0 aliphatic carbocycles. The third-order valence-corrected chi connectivity index (χ3v) is 1.85. The molecule has 1 aromatic rings. The molecule has 0 radical (unpaired) electrons. The van der Waals surface area contributed by atoms with Crippen LogP contribution in [-0.4, -0.2) is 12.6 Å². The van der Waals surface area contributed by atoms with E-state index in [0.29, 0.717) is 13.0 Å². The highest BCUT2D eigenvalue weighted by molar-refractivity contribution is 5.69. The zero-order valence-corrected chi connectivity index (χ0v) is 9.43. The molecule has 17 heavy (non-hydrogen) atoms. The molecule has 0 atom stereocenters. The van der Waals surface area contributed by atoms with Crippen LogP contribution in [0.4, 0.5) is 8.78 Å². The maximum absolute atomic E-state index is 12.8. The van der Waals surface area contributed by atoms with Gasteiger partial charge < -0.3 is 4.74 Å². The minimum absolute atomic E-state index is 0.179. The Balaban J connectivity index is 2.51.